The van der Waals surface area contributed by atoms with Gasteiger partial charge in [0.05, 0.1) is 0 Å². The summed E-state index contributed by atoms with van der Waals surface area (Å²) in [7, 11) is 0. The van der Waals surface area contributed by atoms with Crippen molar-refractivity contribution in [2.75, 3.05) is 0 Å². The van der Waals surface area contributed by atoms with E-state index in [1.807, 2.05) is 18.2 Å². The monoisotopic (exact) mass is 625 g/mol. The molecule has 0 saturated carbocycles. The van der Waals surface area contributed by atoms with Gasteiger partial charge >= 0.3 is 0 Å². The Kier molecular flexibility index (Phi) is 7.02. The lowest BCUT2D eigenvalue weighted by molar-refractivity contribution is 1.07. The predicted molar refractivity (Wildman–Crippen MR) is 204 cm³/mol. The third kappa shape index (κ3) is 5.32. The van der Waals surface area contributed by atoms with Crippen LogP contribution in [0.4, 0.5) is 0 Å². The van der Waals surface area contributed by atoms with Gasteiger partial charge in [0.1, 0.15) is 0 Å². The first-order chi connectivity index (χ1) is 24.2. The third-order valence-electron chi connectivity index (χ3n) is 9.39. The van der Waals surface area contributed by atoms with Crippen molar-refractivity contribution in [2.24, 2.45) is 0 Å². The maximum Gasteiger partial charge on any atom is 0.164 e. The van der Waals surface area contributed by atoms with Crippen molar-refractivity contribution in [2.45, 2.75) is 6.92 Å². The lowest BCUT2D eigenvalue weighted by Gasteiger charge is -2.13. The van der Waals surface area contributed by atoms with Gasteiger partial charge in [-0.05, 0) is 73.6 Å². The molecule has 8 aromatic carbocycles. The number of aryl methyl sites for hydroxylation is 1. The van der Waals surface area contributed by atoms with Gasteiger partial charge in [0, 0.05) is 16.7 Å². The molecule has 0 amide bonds. The molecule has 0 spiro atoms. The van der Waals surface area contributed by atoms with Crippen LogP contribution in [-0.2, 0) is 0 Å². The number of aromatic nitrogens is 3. The fourth-order valence-corrected chi connectivity index (χ4v) is 6.84. The molecule has 230 valence electrons. The average Bonchev–Trinajstić information content (AvgIpc) is 3.18. The van der Waals surface area contributed by atoms with E-state index in [9.17, 15) is 0 Å². The molecule has 0 radical (unpaired) electrons. The second kappa shape index (κ2) is 12.0. The molecule has 3 heteroatoms. The maximum atomic E-state index is 5.12. The molecule has 3 nitrogen and oxygen atoms in total. The quantitative estimate of drug-likeness (QED) is 0.179. The van der Waals surface area contributed by atoms with E-state index in [0.717, 1.165) is 27.8 Å². The Bertz CT molecular complexity index is 2610. The Balaban J connectivity index is 1.17. The maximum absolute atomic E-state index is 5.12. The normalized spacial score (nSPS) is 11.4. The highest BCUT2D eigenvalue weighted by Crippen LogP contribution is 2.37. The molecule has 0 fully saturated rings. The van der Waals surface area contributed by atoms with Crippen LogP contribution < -0.4 is 0 Å². The fraction of sp³-hybridized carbons (Fsp3) is 0.0217. The van der Waals surface area contributed by atoms with Crippen LogP contribution in [0.5, 0.6) is 0 Å². The molecule has 1 aromatic heterocycles. The van der Waals surface area contributed by atoms with Gasteiger partial charge in [-0.25, -0.2) is 15.0 Å². The van der Waals surface area contributed by atoms with Gasteiger partial charge in [-0.3, -0.25) is 0 Å². The molecule has 0 bridgehead atoms. The number of hydrogen-bond donors (Lipinski definition) is 0. The number of nitrogens with zero attached hydrogens (tertiary/aromatic N) is 3. The Hall–Kier alpha value is -6.45. The van der Waals surface area contributed by atoms with Crippen LogP contribution in [0.3, 0.4) is 0 Å². The largest absolute Gasteiger partial charge is 0.208 e. The van der Waals surface area contributed by atoms with E-state index in [1.54, 1.807) is 0 Å². The van der Waals surface area contributed by atoms with E-state index < -0.39 is 0 Å². The smallest absolute Gasteiger partial charge is 0.164 e. The summed E-state index contributed by atoms with van der Waals surface area (Å²) in [6, 6.07) is 59.9. The van der Waals surface area contributed by atoms with Crippen molar-refractivity contribution in [3.63, 3.8) is 0 Å². The average molecular weight is 626 g/mol. The number of fused-ring (bicyclic) bond motifs is 6. The van der Waals surface area contributed by atoms with Crippen molar-refractivity contribution >= 4 is 32.3 Å². The molecular weight excluding hydrogens is 595 g/mol. The highest BCUT2D eigenvalue weighted by molar-refractivity contribution is 6.25. The SMILES string of the molecule is Cc1ccc(-c2ccc(-c3cccc(-c4nc(-c5ccccc5)nc(-c5ccc6c7ccccc7c7ccccc7c6c5)n4)c3)cc2)cc1. The van der Waals surface area contributed by atoms with Crippen molar-refractivity contribution in [1.82, 2.24) is 15.0 Å². The van der Waals surface area contributed by atoms with Crippen molar-refractivity contribution in [3.05, 3.63) is 175 Å². The van der Waals surface area contributed by atoms with Crippen LogP contribution >= 0.6 is 0 Å². The van der Waals surface area contributed by atoms with Crippen molar-refractivity contribution < 1.29 is 0 Å². The summed E-state index contributed by atoms with van der Waals surface area (Å²) in [6.45, 7) is 2.11. The summed E-state index contributed by atoms with van der Waals surface area (Å²) in [5.41, 5.74) is 8.78. The highest BCUT2D eigenvalue weighted by Gasteiger charge is 2.15. The zero-order chi connectivity index (χ0) is 32.7. The van der Waals surface area contributed by atoms with Crippen LogP contribution in [0, 0.1) is 6.92 Å². The fourth-order valence-electron chi connectivity index (χ4n) is 6.84. The molecule has 0 atom stereocenters. The Morgan fingerprint density at radius 3 is 1.24 bits per heavy atom. The van der Waals surface area contributed by atoms with Gasteiger partial charge in [0.25, 0.3) is 0 Å². The van der Waals surface area contributed by atoms with E-state index in [-0.39, 0.29) is 0 Å². The second-order valence-corrected chi connectivity index (χ2v) is 12.5. The van der Waals surface area contributed by atoms with Gasteiger partial charge in [0.2, 0.25) is 0 Å². The molecule has 0 unspecified atom stereocenters. The topological polar surface area (TPSA) is 38.7 Å². The first kappa shape index (κ1) is 28.7. The standard InChI is InChI=1S/C46H31N3/c1-30-18-20-31(21-19-30)32-22-24-33(25-23-32)35-12-9-13-36(28-35)45-47-44(34-10-3-2-4-11-34)48-46(49-45)37-26-27-42-40-16-6-5-14-38(40)39-15-7-8-17-41(39)43(42)29-37/h2-29H,1H3. The number of benzene rings is 8. The first-order valence-corrected chi connectivity index (χ1v) is 16.6. The summed E-state index contributed by atoms with van der Waals surface area (Å²) < 4.78 is 0. The molecule has 0 aliphatic carbocycles. The van der Waals surface area contributed by atoms with Crippen LogP contribution in [0.25, 0.3) is 88.7 Å². The molecule has 0 N–H and O–H groups in total. The van der Waals surface area contributed by atoms with E-state index in [4.69, 9.17) is 15.0 Å². The van der Waals surface area contributed by atoms with Gasteiger partial charge < -0.3 is 0 Å². The zero-order valence-corrected chi connectivity index (χ0v) is 27.0. The summed E-state index contributed by atoms with van der Waals surface area (Å²) >= 11 is 0. The minimum Gasteiger partial charge on any atom is -0.208 e. The van der Waals surface area contributed by atoms with Crippen LogP contribution in [-0.4, -0.2) is 15.0 Å². The van der Waals surface area contributed by atoms with Crippen LogP contribution in [0.15, 0.2) is 170 Å². The van der Waals surface area contributed by atoms with Gasteiger partial charge in [-0.2, -0.15) is 0 Å². The molecule has 0 saturated heterocycles. The van der Waals surface area contributed by atoms with Crippen LogP contribution in [0.2, 0.25) is 0 Å². The molecular formula is C46H31N3. The van der Waals surface area contributed by atoms with E-state index in [1.165, 1.54) is 49.0 Å². The lowest BCUT2D eigenvalue weighted by atomic mass is 9.93. The lowest BCUT2D eigenvalue weighted by Crippen LogP contribution is -2.00. The van der Waals surface area contributed by atoms with E-state index in [0.29, 0.717) is 17.5 Å². The molecule has 49 heavy (non-hydrogen) atoms. The first-order valence-electron chi connectivity index (χ1n) is 16.6. The Labute approximate surface area is 285 Å². The molecule has 9 aromatic rings. The van der Waals surface area contributed by atoms with Crippen molar-refractivity contribution in [1.29, 1.82) is 0 Å². The zero-order valence-electron chi connectivity index (χ0n) is 27.0. The molecule has 0 aliphatic rings. The molecule has 0 aliphatic heterocycles. The summed E-state index contributed by atoms with van der Waals surface area (Å²) in [4.78, 5) is 15.2. The Morgan fingerprint density at radius 1 is 0.265 bits per heavy atom. The number of hydrogen-bond acceptors (Lipinski definition) is 3. The predicted octanol–water partition coefficient (Wildman–Crippen LogP) is 12.0. The third-order valence-corrected chi connectivity index (χ3v) is 9.39. The van der Waals surface area contributed by atoms with Crippen molar-refractivity contribution in [3.8, 4) is 56.4 Å². The minimum absolute atomic E-state index is 0.644. The van der Waals surface area contributed by atoms with Gasteiger partial charge in [-0.1, -0.05) is 163 Å². The number of rotatable bonds is 5. The van der Waals surface area contributed by atoms with E-state index >= 15 is 0 Å². The molecule has 1 heterocycles. The highest BCUT2D eigenvalue weighted by atomic mass is 15.0. The van der Waals surface area contributed by atoms with Gasteiger partial charge in [-0.15, -0.1) is 0 Å². The van der Waals surface area contributed by atoms with Crippen LogP contribution in [0.1, 0.15) is 5.56 Å². The second-order valence-electron chi connectivity index (χ2n) is 12.5. The van der Waals surface area contributed by atoms with E-state index in [2.05, 4.69) is 159 Å². The Morgan fingerprint density at radius 2 is 0.653 bits per heavy atom. The summed E-state index contributed by atoms with van der Waals surface area (Å²) in [5, 5.41) is 7.37. The molecule has 9 rings (SSSR count). The summed E-state index contributed by atoms with van der Waals surface area (Å²) in [5.74, 6) is 1.94. The summed E-state index contributed by atoms with van der Waals surface area (Å²) in [6.07, 6.45) is 0. The minimum atomic E-state index is 0.644. The van der Waals surface area contributed by atoms with Gasteiger partial charge in [0.15, 0.2) is 17.5 Å².